The molecular formula is C26H29N5O3. The van der Waals surface area contributed by atoms with Crippen LogP contribution in [0.2, 0.25) is 0 Å². The first kappa shape index (κ1) is 23.2. The molecule has 0 aliphatic carbocycles. The molecule has 8 heteroatoms. The Balaban J connectivity index is 1.21. The lowest BCUT2D eigenvalue weighted by Gasteiger charge is -2.34. The zero-order valence-corrected chi connectivity index (χ0v) is 19.3. The molecule has 4 rings (SSSR count). The van der Waals surface area contributed by atoms with Gasteiger partial charge in [-0.3, -0.25) is 9.59 Å². The maximum absolute atomic E-state index is 12.7. The fourth-order valence-electron chi connectivity index (χ4n) is 3.88. The van der Waals surface area contributed by atoms with E-state index in [4.69, 9.17) is 4.74 Å². The molecule has 1 aromatic heterocycles. The van der Waals surface area contributed by atoms with Crippen LogP contribution in [-0.4, -0.2) is 60.0 Å². The van der Waals surface area contributed by atoms with Crippen molar-refractivity contribution in [1.29, 1.82) is 0 Å². The number of methoxy groups -OCH3 is 1. The van der Waals surface area contributed by atoms with Gasteiger partial charge in [-0.1, -0.05) is 24.3 Å². The van der Waals surface area contributed by atoms with E-state index < -0.39 is 0 Å². The van der Waals surface area contributed by atoms with E-state index in [-0.39, 0.29) is 11.8 Å². The minimum atomic E-state index is -0.0417. The number of anilines is 2. The van der Waals surface area contributed by atoms with Crippen molar-refractivity contribution in [2.24, 2.45) is 0 Å². The minimum absolute atomic E-state index is 0.0417. The van der Waals surface area contributed by atoms with E-state index in [1.54, 1.807) is 25.6 Å². The second-order valence-electron chi connectivity index (χ2n) is 8.19. The van der Waals surface area contributed by atoms with Gasteiger partial charge in [-0.25, -0.2) is 9.97 Å². The lowest BCUT2D eigenvalue weighted by Crippen LogP contribution is -2.49. The molecule has 176 valence electrons. The molecule has 0 spiro atoms. The zero-order chi connectivity index (χ0) is 23.8. The van der Waals surface area contributed by atoms with Crippen LogP contribution in [0, 0.1) is 0 Å². The van der Waals surface area contributed by atoms with Crippen LogP contribution < -0.4 is 15.0 Å². The topological polar surface area (TPSA) is 87.7 Å². The van der Waals surface area contributed by atoms with Gasteiger partial charge >= 0.3 is 0 Å². The van der Waals surface area contributed by atoms with Crippen LogP contribution >= 0.6 is 0 Å². The summed E-state index contributed by atoms with van der Waals surface area (Å²) in [5, 5.41) is 2.92. The highest BCUT2D eigenvalue weighted by Gasteiger charge is 2.22. The molecule has 0 atom stereocenters. The second-order valence-corrected chi connectivity index (χ2v) is 8.19. The van der Waals surface area contributed by atoms with Crippen LogP contribution in [0.3, 0.4) is 0 Å². The maximum atomic E-state index is 12.7. The molecule has 1 aliphatic heterocycles. The molecule has 0 radical (unpaired) electrons. The number of rotatable bonds is 8. The summed E-state index contributed by atoms with van der Waals surface area (Å²) in [5.74, 6) is 1.57. The molecule has 0 unspecified atom stereocenters. The van der Waals surface area contributed by atoms with E-state index in [0.717, 1.165) is 35.7 Å². The number of carbonyl (C=O) groups excluding carboxylic acids is 2. The third kappa shape index (κ3) is 6.31. The first-order chi connectivity index (χ1) is 16.6. The fourth-order valence-corrected chi connectivity index (χ4v) is 3.88. The van der Waals surface area contributed by atoms with Crippen molar-refractivity contribution >= 4 is 23.5 Å². The lowest BCUT2D eigenvalue weighted by molar-refractivity contribution is -0.130. The zero-order valence-electron chi connectivity index (χ0n) is 19.3. The van der Waals surface area contributed by atoms with Gasteiger partial charge in [0.15, 0.2) is 0 Å². The van der Waals surface area contributed by atoms with Gasteiger partial charge in [-0.15, -0.1) is 0 Å². The van der Waals surface area contributed by atoms with Gasteiger partial charge in [0.2, 0.25) is 17.8 Å². The SMILES string of the molecule is COc1ccc(CCC(=O)Nc2ccc(CC(=O)N3CCN(c4ncccn4)CC3)cc2)cc1. The first-order valence-electron chi connectivity index (χ1n) is 11.4. The van der Waals surface area contributed by atoms with Crippen LogP contribution in [0.15, 0.2) is 67.0 Å². The van der Waals surface area contributed by atoms with Crippen LogP contribution in [0.5, 0.6) is 5.75 Å². The number of amides is 2. The van der Waals surface area contributed by atoms with E-state index in [1.165, 1.54) is 0 Å². The van der Waals surface area contributed by atoms with Crippen LogP contribution in [0.25, 0.3) is 0 Å². The molecule has 1 fully saturated rings. The van der Waals surface area contributed by atoms with Crippen LogP contribution in [-0.2, 0) is 22.4 Å². The summed E-state index contributed by atoms with van der Waals surface area (Å²) in [7, 11) is 1.63. The fraction of sp³-hybridized carbons (Fsp3) is 0.308. The summed E-state index contributed by atoms with van der Waals surface area (Å²) in [6.45, 7) is 2.74. The minimum Gasteiger partial charge on any atom is -0.497 e. The number of nitrogens with one attached hydrogen (secondary N) is 1. The average molecular weight is 460 g/mol. The number of benzene rings is 2. The average Bonchev–Trinajstić information content (AvgIpc) is 2.89. The Morgan fingerprint density at radius 1 is 0.912 bits per heavy atom. The Bertz CT molecular complexity index is 1080. The van der Waals surface area contributed by atoms with Crippen LogP contribution in [0.4, 0.5) is 11.6 Å². The Morgan fingerprint density at radius 2 is 1.56 bits per heavy atom. The highest BCUT2D eigenvalue weighted by molar-refractivity contribution is 5.91. The molecule has 2 aromatic carbocycles. The predicted octanol–water partition coefficient (Wildman–Crippen LogP) is 2.95. The Hall–Kier alpha value is -3.94. The van der Waals surface area contributed by atoms with Crippen molar-refractivity contribution in [2.45, 2.75) is 19.3 Å². The number of nitrogens with zero attached hydrogens (tertiary/aromatic N) is 4. The molecule has 2 amide bonds. The number of aromatic nitrogens is 2. The molecule has 0 bridgehead atoms. The summed E-state index contributed by atoms with van der Waals surface area (Å²) < 4.78 is 5.15. The second kappa shape index (κ2) is 11.3. The third-order valence-corrected chi connectivity index (χ3v) is 5.86. The molecule has 3 aromatic rings. The molecule has 34 heavy (non-hydrogen) atoms. The summed E-state index contributed by atoms with van der Waals surface area (Å²) in [5.41, 5.74) is 2.74. The quantitative estimate of drug-likeness (QED) is 0.557. The van der Waals surface area contributed by atoms with E-state index >= 15 is 0 Å². The van der Waals surface area contributed by atoms with E-state index in [9.17, 15) is 9.59 Å². The summed E-state index contributed by atoms with van der Waals surface area (Å²) in [6, 6.07) is 17.0. The first-order valence-corrected chi connectivity index (χ1v) is 11.4. The van der Waals surface area contributed by atoms with Gasteiger partial charge in [0.25, 0.3) is 0 Å². The summed E-state index contributed by atoms with van der Waals surface area (Å²) in [4.78, 5) is 37.6. The van der Waals surface area contributed by atoms with Gasteiger partial charge in [-0.2, -0.15) is 0 Å². The number of aryl methyl sites for hydroxylation is 1. The van der Waals surface area contributed by atoms with Gasteiger partial charge in [0.1, 0.15) is 5.75 Å². The van der Waals surface area contributed by atoms with Crippen molar-refractivity contribution < 1.29 is 14.3 Å². The monoisotopic (exact) mass is 459 g/mol. The molecular weight excluding hydrogens is 430 g/mol. The molecule has 2 heterocycles. The summed E-state index contributed by atoms with van der Waals surface area (Å²) >= 11 is 0. The molecule has 1 aliphatic rings. The molecule has 8 nitrogen and oxygen atoms in total. The van der Waals surface area contributed by atoms with Crippen molar-refractivity contribution in [3.05, 3.63) is 78.1 Å². The van der Waals surface area contributed by atoms with Gasteiger partial charge in [0.05, 0.1) is 13.5 Å². The molecule has 1 N–H and O–H groups in total. The van der Waals surface area contributed by atoms with Gasteiger partial charge < -0.3 is 19.9 Å². The predicted molar refractivity (Wildman–Crippen MR) is 131 cm³/mol. The highest BCUT2D eigenvalue weighted by atomic mass is 16.5. The van der Waals surface area contributed by atoms with E-state index in [2.05, 4.69) is 20.2 Å². The number of ether oxygens (including phenoxy) is 1. The third-order valence-electron chi connectivity index (χ3n) is 5.86. The standard InChI is InChI=1S/C26H29N5O3/c1-34-23-10-5-20(6-11-23)7-12-24(32)29-22-8-3-21(4-9-22)19-25(33)30-15-17-31(18-16-30)26-27-13-2-14-28-26/h2-6,8-11,13-14H,7,12,15-19H2,1H3,(H,29,32). The summed E-state index contributed by atoms with van der Waals surface area (Å²) in [6.07, 6.45) is 4.85. The van der Waals surface area contributed by atoms with Crippen molar-refractivity contribution in [1.82, 2.24) is 14.9 Å². The van der Waals surface area contributed by atoms with Crippen molar-refractivity contribution in [2.75, 3.05) is 43.5 Å². The van der Waals surface area contributed by atoms with Crippen molar-refractivity contribution in [3.8, 4) is 5.75 Å². The molecule has 0 saturated carbocycles. The van der Waals surface area contributed by atoms with Crippen LogP contribution in [0.1, 0.15) is 17.5 Å². The number of hydrogen-bond donors (Lipinski definition) is 1. The van der Waals surface area contributed by atoms with E-state index in [1.807, 2.05) is 53.4 Å². The number of piperazine rings is 1. The Morgan fingerprint density at radius 3 is 2.21 bits per heavy atom. The molecule has 1 saturated heterocycles. The van der Waals surface area contributed by atoms with Gasteiger partial charge in [-0.05, 0) is 47.9 Å². The lowest BCUT2D eigenvalue weighted by atomic mass is 10.1. The van der Waals surface area contributed by atoms with Crippen molar-refractivity contribution in [3.63, 3.8) is 0 Å². The smallest absolute Gasteiger partial charge is 0.227 e. The van der Waals surface area contributed by atoms with E-state index in [0.29, 0.717) is 38.3 Å². The maximum Gasteiger partial charge on any atom is 0.227 e. The Labute approximate surface area is 199 Å². The number of carbonyl (C=O) groups is 2. The normalized spacial score (nSPS) is 13.4. The largest absolute Gasteiger partial charge is 0.497 e. The Kier molecular flexibility index (Phi) is 7.70. The number of hydrogen-bond acceptors (Lipinski definition) is 6. The highest BCUT2D eigenvalue weighted by Crippen LogP contribution is 2.15. The van der Waals surface area contributed by atoms with Gasteiger partial charge in [0, 0.05) is 50.7 Å².